The Hall–Kier alpha value is -1.78. The van der Waals surface area contributed by atoms with Gasteiger partial charge in [0.25, 0.3) is 5.56 Å². The van der Waals surface area contributed by atoms with Crippen LogP contribution < -0.4 is 17.1 Å². The summed E-state index contributed by atoms with van der Waals surface area (Å²) < 4.78 is 11.6. The summed E-state index contributed by atoms with van der Waals surface area (Å²) in [4.78, 5) is 30.7. The maximum Gasteiger partial charge on any atom is 0.330 e. The van der Waals surface area contributed by atoms with E-state index in [9.17, 15) is 14.7 Å². The monoisotopic (exact) mass is 313 g/mol. The second kappa shape index (κ2) is 7.47. The Bertz CT molecular complexity index is 625. The number of nitrogens with zero attached hydrogens (tertiary/aromatic N) is 1. The van der Waals surface area contributed by atoms with Gasteiger partial charge in [-0.2, -0.15) is 0 Å². The first kappa shape index (κ1) is 16.6. The lowest BCUT2D eigenvalue weighted by molar-refractivity contribution is -0.0629. The fourth-order valence-electron chi connectivity index (χ4n) is 2.28. The van der Waals surface area contributed by atoms with Crippen molar-refractivity contribution in [2.45, 2.75) is 24.9 Å². The van der Waals surface area contributed by atoms with Crippen molar-refractivity contribution in [2.24, 2.45) is 5.90 Å². The minimum Gasteiger partial charge on any atom is -0.394 e. The van der Waals surface area contributed by atoms with Crippen LogP contribution in [-0.4, -0.2) is 47.2 Å². The van der Waals surface area contributed by atoms with Crippen LogP contribution in [0.3, 0.4) is 0 Å². The number of aliphatic hydroxyl groups is 1. The number of aromatic amines is 1. The molecule has 0 radical (unpaired) electrons. The van der Waals surface area contributed by atoms with E-state index in [2.05, 4.69) is 4.98 Å². The lowest BCUT2D eigenvalue weighted by Gasteiger charge is -2.14. The molecule has 122 valence electrons. The van der Waals surface area contributed by atoms with Gasteiger partial charge in [0.05, 0.1) is 18.8 Å². The van der Waals surface area contributed by atoms with Gasteiger partial charge in [0, 0.05) is 19.7 Å². The summed E-state index contributed by atoms with van der Waals surface area (Å²) in [5.74, 6) is 5.15. The van der Waals surface area contributed by atoms with Crippen LogP contribution in [0, 0.1) is 0 Å². The number of ether oxygens (including phenoxy) is 2. The molecule has 0 amide bonds. The molecule has 1 fully saturated rings. The second-order valence-electron chi connectivity index (χ2n) is 4.83. The molecule has 4 N–H and O–H groups in total. The van der Waals surface area contributed by atoms with Crippen LogP contribution in [0.4, 0.5) is 0 Å². The Labute approximate surface area is 125 Å². The number of nitrogens with one attached hydrogen (secondary N) is 1. The van der Waals surface area contributed by atoms with Crippen molar-refractivity contribution in [1.82, 2.24) is 9.55 Å². The number of hydrogen-bond acceptors (Lipinski definition) is 7. The molecule has 0 bridgehead atoms. The van der Waals surface area contributed by atoms with E-state index in [1.54, 1.807) is 12.2 Å². The third-order valence-electron chi connectivity index (χ3n) is 3.40. The van der Waals surface area contributed by atoms with Crippen LogP contribution in [0.25, 0.3) is 6.08 Å². The van der Waals surface area contributed by atoms with E-state index in [1.165, 1.54) is 17.9 Å². The molecule has 1 aliphatic rings. The molecule has 2 heterocycles. The first-order valence-electron chi connectivity index (χ1n) is 6.73. The average molecular weight is 313 g/mol. The van der Waals surface area contributed by atoms with Gasteiger partial charge in [-0.1, -0.05) is 6.08 Å². The van der Waals surface area contributed by atoms with Crippen LogP contribution in [0.15, 0.2) is 21.9 Å². The molecule has 1 aromatic heterocycles. The third-order valence-corrected chi connectivity index (χ3v) is 3.40. The molecule has 22 heavy (non-hydrogen) atoms. The zero-order chi connectivity index (χ0) is 16.1. The van der Waals surface area contributed by atoms with E-state index in [0.29, 0.717) is 6.61 Å². The Morgan fingerprint density at radius 2 is 2.36 bits per heavy atom. The van der Waals surface area contributed by atoms with Crippen molar-refractivity contribution in [3.63, 3.8) is 0 Å². The summed E-state index contributed by atoms with van der Waals surface area (Å²) >= 11 is 0. The fourth-order valence-corrected chi connectivity index (χ4v) is 2.28. The van der Waals surface area contributed by atoms with Gasteiger partial charge >= 0.3 is 5.69 Å². The molecule has 9 heteroatoms. The number of nitrogens with two attached hydrogens (primary N) is 1. The van der Waals surface area contributed by atoms with Crippen LogP contribution in [0.1, 0.15) is 18.2 Å². The van der Waals surface area contributed by atoms with E-state index < -0.39 is 29.7 Å². The number of hydrogen-bond donors (Lipinski definition) is 3. The number of rotatable bonds is 6. The fraction of sp³-hybridized carbons (Fsp3) is 0.538. The van der Waals surface area contributed by atoms with Crippen LogP contribution in [-0.2, 0) is 14.3 Å². The van der Waals surface area contributed by atoms with Crippen molar-refractivity contribution >= 4 is 6.08 Å². The molecule has 3 atom stereocenters. The van der Waals surface area contributed by atoms with Gasteiger partial charge in [0.1, 0.15) is 18.4 Å². The number of aliphatic hydroxyl groups excluding tert-OH is 1. The predicted molar refractivity (Wildman–Crippen MR) is 76.9 cm³/mol. The van der Waals surface area contributed by atoms with Gasteiger partial charge in [-0.15, -0.1) is 0 Å². The van der Waals surface area contributed by atoms with Gasteiger partial charge in [-0.05, 0) is 6.08 Å². The van der Waals surface area contributed by atoms with Crippen LogP contribution >= 0.6 is 0 Å². The molecule has 1 aromatic rings. The summed E-state index contributed by atoms with van der Waals surface area (Å²) in [6, 6.07) is 0. The van der Waals surface area contributed by atoms with Crippen LogP contribution in [0.2, 0.25) is 0 Å². The lowest BCUT2D eigenvalue weighted by atomic mass is 10.2. The SMILES string of the molecule is COC/C=C/c1cn([C@H]2CC(ON)[C@@H](CO)O2)c(=O)[nH]c1=O. The van der Waals surface area contributed by atoms with Crippen molar-refractivity contribution < 1.29 is 19.4 Å². The van der Waals surface area contributed by atoms with Crippen molar-refractivity contribution in [3.05, 3.63) is 38.7 Å². The maximum absolute atomic E-state index is 11.9. The molecule has 1 unspecified atom stereocenters. The first-order chi connectivity index (χ1) is 10.6. The summed E-state index contributed by atoms with van der Waals surface area (Å²) in [6.07, 6.45) is 3.05. The minimum atomic E-state index is -0.676. The molecular formula is C13H19N3O6. The average Bonchev–Trinajstić information content (AvgIpc) is 2.92. The van der Waals surface area contributed by atoms with Gasteiger partial charge < -0.3 is 14.6 Å². The number of methoxy groups -OCH3 is 1. The molecule has 0 aliphatic carbocycles. The Balaban J connectivity index is 2.30. The highest BCUT2D eigenvalue weighted by atomic mass is 16.7. The largest absolute Gasteiger partial charge is 0.394 e. The van der Waals surface area contributed by atoms with Gasteiger partial charge in [-0.3, -0.25) is 19.2 Å². The van der Waals surface area contributed by atoms with Gasteiger partial charge in [0.2, 0.25) is 0 Å². The lowest BCUT2D eigenvalue weighted by Crippen LogP contribution is -2.33. The summed E-state index contributed by atoms with van der Waals surface area (Å²) in [5, 5.41) is 9.21. The van der Waals surface area contributed by atoms with Gasteiger partial charge in [0.15, 0.2) is 0 Å². The van der Waals surface area contributed by atoms with Crippen molar-refractivity contribution in [2.75, 3.05) is 20.3 Å². The highest BCUT2D eigenvalue weighted by Crippen LogP contribution is 2.28. The van der Waals surface area contributed by atoms with Crippen molar-refractivity contribution in [1.29, 1.82) is 0 Å². The molecule has 0 spiro atoms. The second-order valence-corrected chi connectivity index (χ2v) is 4.83. The van der Waals surface area contributed by atoms with E-state index in [-0.39, 0.29) is 18.6 Å². The highest BCUT2D eigenvalue weighted by Gasteiger charge is 2.37. The highest BCUT2D eigenvalue weighted by molar-refractivity contribution is 5.46. The van der Waals surface area contributed by atoms with E-state index in [0.717, 1.165) is 0 Å². The molecule has 0 saturated carbocycles. The van der Waals surface area contributed by atoms with E-state index >= 15 is 0 Å². The standard InChI is InChI=1S/C13H19N3O6/c1-20-4-2-3-8-6-16(13(19)15-12(8)18)11-5-9(22-14)10(7-17)21-11/h2-3,6,9-11,17H,4-5,7,14H2,1H3,(H,15,18,19)/b3-2+/t9?,10-,11-/m1/s1. The molecule has 0 aromatic carbocycles. The van der Waals surface area contributed by atoms with E-state index in [4.69, 9.17) is 20.2 Å². The van der Waals surface area contributed by atoms with Gasteiger partial charge in [-0.25, -0.2) is 10.7 Å². The quantitative estimate of drug-likeness (QED) is 0.559. The van der Waals surface area contributed by atoms with Crippen molar-refractivity contribution in [3.8, 4) is 0 Å². The first-order valence-corrected chi connectivity index (χ1v) is 6.73. The maximum atomic E-state index is 11.9. The number of H-pyrrole nitrogens is 1. The smallest absolute Gasteiger partial charge is 0.330 e. The molecule has 2 rings (SSSR count). The Morgan fingerprint density at radius 1 is 1.59 bits per heavy atom. The molecular weight excluding hydrogens is 294 g/mol. The van der Waals surface area contributed by atoms with E-state index in [1.807, 2.05) is 0 Å². The van der Waals surface area contributed by atoms with Crippen LogP contribution in [0.5, 0.6) is 0 Å². The normalized spacial score (nSPS) is 25.1. The number of aromatic nitrogens is 2. The topological polar surface area (TPSA) is 129 Å². The Kier molecular flexibility index (Phi) is 5.63. The molecule has 1 aliphatic heterocycles. The summed E-state index contributed by atoms with van der Waals surface area (Å²) in [5.41, 5.74) is -0.817. The zero-order valence-electron chi connectivity index (χ0n) is 12.1. The summed E-state index contributed by atoms with van der Waals surface area (Å²) in [7, 11) is 1.53. The Morgan fingerprint density at radius 3 is 2.95 bits per heavy atom. The summed E-state index contributed by atoms with van der Waals surface area (Å²) in [6.45, 7) is 0.0608. The zero-order valence-corrected chi connectivity index (χ0v) is 12.1. The minimum absolute atomic E-state index is 0.281. The molecule has 9 nitrogen and oxygen atoms in total. The third kappa shape index (κ3) is 3.51. The predicted octanol–water partition coefficient (Wildman–Crippen LogP) is -1.27. The molecule has 1 saturated heterocycles.